The summed E-state index contributed by atoms with van der Waals surface area (Å²) in [4.78, 5) is 29.8. The van der Waals surface area contributed by atoms with Crippen molar-refractivity contribution in [2.75, 3.05) is 25.0 Å². The number of carbonyl (C=O) groups is 1. The minimum absolute atomic E-state index is 0.0507. The number of rotatable bonds is 9. The largest absolute Gasteiger partial charge is 0.359 e. The number of thiophene rings is 1. The van der Waals surface area contributed by atoms with Gasteiger partial charge in [0.15, 0.2) is 0 Å². The van der Waals surface area contributed by atoms with Crippen LogP contribution in [0.5, 0.6) is 0 Å². The van der Waals surface area contributed by atoms with Crippen molar-refractivity contribution in [1.82, 2.24) is 24.8 Å². The van der Waals surface area contributed by atoms with Crippen LogP contribution in [0, 0.1) is 6.92 Å². The summed E-state index contributed by atoms with van der Waals surface area (Å²) in [6.45, 7) is 4.00. The number of carbonyl (C=O) groups excluding carboxylic acids is 1. The Bertz CT molecular complexity index is 1140. The zero-order chi connectivity index (χ0) is 21.6. The fraction of sp³-hybridized carbons (Fsp3) is 0.304. The molecular formula is C23H26N6OS. The Labute approximate surface area is 185 Å². The molecule has 3 aromatic heterocycles. The van der Waals surface area contributed by atoms with E-state index in [0.29, 0.717) is 19.5 Å². The van der Waals surface area contributed by atoms with Gasteiger partial charge in [-0.25, -0.2) is 15.0 Å². The van der Waals surface area contributed by atoms with Crippen LogP contribution in [0.3, 0.4) is 0 Å². The number of aromatic nitrogens is 4. The molecule has 0 radical (unpaired) electrons. The van der Waals surface area contributed by atoms with E-state index in [1.807, 2.05) is 47.8 Å². The third-order valence-corrected chi connectivity index (χ3v) is 6.13. The van der Waals surface area contributed by atoms with E-state index in [0.717, 1.165) is 34.8 Å². The molecule has 4 aromatic rings. The van der Waals surface area contributed by atoms with Gasteiger partial charge in [-0.15, -0.1) is 11.3 Å². The number of amides is 1. The maximum absolute atomic E-state index is 12.3. The van der Waals surface area contributed by atoms with Gasteiger partial charge in [0.25, 0.3) is 0 Å². The van der Waals surface area contributed by atoms with Gasteiger partial charge in [0, 0.05) is 50.4 Å². The summed E-state index contributed by atoms with van der Waals surface area (Å²) in [5.41, 5.74) is 1.17. The third kappa shape index (κ3) is 5.27. The molecule has 0 atom stereocenters. The molecule has 0 spiro atoms. The van der Waals surface area contributed by atoms with Gasteiger partial charge in [-0.2, -0.15) is 0 Å². The lowest BCUT2D eigenvalue weighted by molar-refractivity contribution is -0.120. The first-order chi connectivity index (χ1) is 15.1. The van der Waals surface area contributed by atoms with Gasteiger partial charge in [-0.3, -0.25) is 4.79 Å². The molecule has 0 aliphatic heterocycles. The Morgan fingerprint density at radius 3 is 2.84 bits per heavy atom. The fourth-order valence-corrected chi connectivity index (χ4v) is 4.49. The second-order valence-electron chi connectivity index (χ2n) is 7.47. The van der Waals surface area contributed by atoms with Gasteiger partial charge in [0.05, 0.1) is 11.7 Å². The molecule has 3 heterocycles. The maximum Gasteiger partial charge on any atom is 0.221 e. The number of nitrogens with zero attached hydrogens (tertiary/aromatic N) is 5. The summed E-state index contributed by atoms with van der Waals surface area (Å²) < 4.78 is 2.01. The summed E-state index contributed by atoms with van der Waals surface area (Å²) in [5.74, 6) is 1.66. The maximum atomic E-state index is 12.3. The second kappa shape index (κ2) is 9.70. The van der Waals surface area contributed by atoms with Crippen LogP contribution in [0.1, 0.15) is 18.7 Å². The van der Waals surface area contributed by atoms with Crippen molar-refractivity contribution in [3.63, 3.8) is 0 Å². The smallest absolute Gasteiger partial charge is 0.221 e. The lowest BCUT2D eigenvalue weighted by Crippen LogP contribution is -2.30. The number of hydrogen-bond acceptors (Lipinski definition) is 6. The van der Waals surface area contributed by atoms with E-state index in [2.05, 4.69) is 38.5 Å². The lowest BCUT2D eigenvalue weighted by Gasteiger charge is -2.19. The normalized spacial score (nSPS) is 11.0. The van der Waals surface area contributed by atoms with Crippen LogP contribution in [0.2, 0.25) is 0 Å². The Morgan fingerprint density at radius 2 is 2.06 bits per heavy atom. The van der Waals surface area contributed by atoms with Crippen LogP contribution >= 0.6 is 11.3 Å². The average molecular weight is 435 g/mol. The van der Waals surface area contributed by atoms with E-state index in [-0.39, 0.29) is 5.91 Å². The van der Waals surface area contributed by atoms with Gasteiger partial charge >= 0.3 is 0 Å². The van der Waals surface area contributed by atoms with Gasteiger partial charge in [-0.05, 0) is 25.0 Å². The summed E-state index contributed by atoms with van der Waals surface area (Å²) in [5, 5.41) is 4.02. The number of nitrogens with one attached hydrogen (secondary N) is 1. The van der Waals surface area contributed by atoms with Crippen molar-refractivity contribution in [3.05, 3.63) is 60.9 Å². The van der Waals surface area contributed by atoms with E-state index in [1.54, 1.807) is 23.9 Å². The van der Waals surface area contributed by atoms with Crippen molar-refractivity contribution >= 4 is 33.3 Å². The number of fused-ring (bicyclic) bond motifs is 1. The summed E-state index contributed by atoms with van der Waals surface area (Å²) >= 11 is 1.67. The topological polar surface area (TPSA) is 75.9 Å². The van der Waals surface area contributed by atoms with Gasteiger partial charge in [0.2, 0.25) is 5.91 Å². The van der Waals surface area contributed by atoms with Crippen LogP contribution in [0.25, 0.3) is 20.7 Å². The number of imidazole rings is 1. The van der Waals surface area contributed by atoms with Crippen molar-refractivity contribution in [2.24, 2.45) is 0 Å². The van der Waals surface area contributed by atoms with Crippen LogP contribution in [0.4, 0.5) is 5.82 Å². The summed E-state index contributed by atoms with van der Waals surface area (Å²) in [6, 6.07) is 12.5. The summed E-state index contributed by atoms with van der Waals surface area (Å²) in [6.07, 6.45) is 6.77. The molecule has 0 unspecified atom stereocenters. The molecular weight excluding hydrogens is 408 g/mol. The van der Waals surface area contributed by atoms with Gasteiger partial charge in [-0.1, -0.05) is 30.3 Å². The van der Waals surface area contributed by atoms with Crippen LogP contribution in [0.15, 0.2) is 55.1 Å². The molecule has 1 aromatic carbocycles. The van der Waals surface area contributed by atoms with Crippen LogP contribution in [-0.2, 0) is 11.3 Å². The molecule has 7 nitrogen and oxygen atoms in total. The first-order valence-corrected chi connectivity index (χ1v) is 11.2. The second-order valence-corrected chi connectivity index (χ2v) is 8.50. The van der Waals surface area contributed by atoms with Crippen molar-refractivity contribution in [2.45, 2.75) is 26.3 Å². The molecule has 1 N–H and O–H groups in total. The molecule has 31 heavy (non-hydrogen) atoms. The average Bonchev–Trinajstić information content (AvgIpc) is 3.45. The van der Waals surface area contributed by atoms with Gasteiger partial charge in [0.1, 0.15) is 16.5 Å². The van der Waals surface area contributed by atoms with Crippen molar-refractivity contribution < 1.29 is 4.79 Å². The molecule has 160 valence electrons. The molecule has 4 rings (SSSR count). The highest BCUT2D eigenvalue weighted by Gasteiger charge is 2.15. The molecule has 0 saturated heterocycles. The van der Waals surface area contributed by atoms with E-state index in [4.69, 9.17) is 0 Å². The molecule has 0 saturated carbocycles. The predicted molar refractivity (Wildman–Crippen MR) is 125 cm³/mol. The Balaban J connectivity index is 1.37. The minimum atomic E-state index is 0.0507. The molecule has 0 bridgehead atoms. The zero-order valence-electron chi connectivity index (χ0n) is 17.8. The first kappa shape index (κ1) is 21.0. The molecule has 8 heteroatoms. The zero-order valence-corrected chi connectivity index (χ0v) is 18.6. The van der Waals surface area contributed by atoms with E-state index >= 15 is 0 Å². The molecule has 1 amide bonds. The van der Waals surface area contributed by atoms with E-state index in [9.17, 15) is 4.79 Å². The molecule has 0 fully saturated rings. The molecule has 0 aliphatic rings. The van der Waals surface area contributed by atoms with Gasteiger partial charge < -0.3 is 14.8 Å². The lowest BCUT2D eigenvalue weighted by atomic mass is 10.2. The monoisotopic (exact) mass is 434 g/mol. The van der Waals surface area contributed by atoms with Crippen molar-refractivity contribution in [1.29, 1.82) is 0 Å². The SMILES string of the molecule is Cc1nc(N(C)CCC(=O)NCCCn2ccnc2)c2cc(-c3ccccc3)sc2n1. The van der Waals surface area contributed by atoms with Crippen LogP contribution < -0.4 is 10.2 Å². The summed E-state index contributed by atoms with van der Waals surface area (Å²) in [7, 11) is 1.98. The van der Waals surface area contributed by atoms with E-state index in [1.165, 1.54) is 10.4 Å². The predicted octanol–water partition coefficient (Wildman–Crippen LogP) is 3.90. The molecule has 0 aliphatic carbocycles. The Kier molecular flexibility index (Phi) is 6.57. The first-order valence-electron chi connectivity index (χ1n) is 10.4. The number of hydrogen-bond donors (Lipinski definition) is 1. The van der Waals surface area contributed by atoms with E-state index < -0.39 is 0 Å². The highest BCUT2D eigenvalue weighted by molar-refractivity contribution is 7.21. The number of aryl methyl sites for hydroxylation is 2. The third-order valence-electron chi connectivity index (χ3n) is 5.05. The Hall–Kier alpha value is -3.26. The highest BCUT2D eigenvalue weighted by atomic mass is 32.1. The quantitative estimate of drug-likeness (QED) is 0.405. The highest BCUT2D eigenvalue weighted by Crippen LogP contribution is 2.36. The van der Waals surface area contributed by atoms with Crippen LogP contribution in [-0.4, -0.2) is 45.6 Å². The number of benzene rings is 1. The fourth-order valence-electron chi connectivity index (χ4n) is 3.42. The Morgan fingerprint density at radius 1 is 1.23 bits per heavy atom. The minimum Gasteiger partial charge on any atom is -0.359 e. The number of anilines is 1. The van der Waals surface area contributed by atoms with Crippen molar-refractivity contribution in [3.8, 4) is 10.4 Å². The standard InChI is InChI=1S/C23H26N6OS/c1-17-26-22(19-15-20(31-23(19)27-17)18-7-4-3-5-8-18)28(2)13-9-21(30)25-10-6-12-29-14-11-24-16-29/h3-5,7-8,11,14-16H,6,9-10,12-13H2,1-2H3,(H,25,30).